The van der Waals surface area contributed by atoms with E-state index in [-0.39, 0.29) is 23.3 Å². The minimum atomic E-state index is -0.973. The SMILES string of the molecule is CC12CCC(CC1)C2(C)CNc1ncc2c(n1)N(C1CCCC1)C(=O)[C@]1(CCNC1=O)C2. The Balaban J connectivity index is 1.32. The van der Waals surface area contributed by atoms with Gasteiger partial charge in [0.15, 0.2) is 0 Å². The van der Waals surface area contributed by atoms with Crippen molar-refractivity contribution in [1.82, 2.24) is 15.3 Å². The van der Waals surface area contributed by atoms with E-state index in [4.69, 9.17) is 4.98 Å². The van der Waals surface area contributed by atoms with Crippen molar-refractivity contribution in [3.63, 3.8) is 0 Å². The number of fused-ring (bicyclic) bond motifs is 3. The van der Waals surface area contributed by atoms with Gasteiger partial charge in [0.1, 0.15) is 11.2 Å². The molecule has 3 heterocycles. The lowest BCUT2D eigenvalue weighted by Gasteiger charge is -2.41. The van der Waals surface area contributed by atoms with Crippen molar-refractivity contribution in [1.29, 1.82) is 0 Å². The van der Waals surface area contributed by atoms with Gasteiger partial charge >= 0.3 is 0 Å². The Morgan fingerprint density at radius 2 is 1.88 bits per heavy atom. The fraction of sp³-hybridized carbons (Fsp3) is 0.760. The maximum absolute atomic E-state index is 13.8. The summed E-state index contributed by atoms with van der Waals surface area (Å²) < 4.78 is 0. The maximum Gasteiger partial charge on any atom is 0.244 e. The topological polar surface area (TPSA) is 87.2 Å². The zero-order valence-corrected chi connectivity index (χ0v) is 19.4. The van der Waals surface area contributed by atoms with Gasteiger partial charge in [-0.1, -0.05) is 26.7 Å². The first-order chi connectivity index (χ1) is 15.4. The molecule has 1 spiro atoms. The Bertz CT molecular complexity index is 965. The predicted molar refractivity (Wildman–Crippen MR) is 122 cm³/mol. The quantitative estimate of drug-likeness (QED) is 0.705. The molecule has 172 valence electrons. The molecule has 2 N–H and O–H groups in total. The summed E-state index contributed by atoms with van der Waals surface area (Å²) >= 11 is 0. The van der Waals surface area contributed by atoms with Gasteiger partial charge in [0, 0.05) is 37.3 Å². The summed E-state index contributed by atoms with van der Waals surface area (Å²) in [5, 5.41) is 6.46. The molecule has 1 aromatic rings. The molecule has 2 aliphatic heterocycles. The van der Waals surface area contributed by atoms with Crippen molar-refractivity contribution in [3.8, 4) is 0 Å². The first kappa shape index (κ1) is 20.4. The van der Waals surface area contributed by atoms with Crippen LogP contribution in [0, 0.1) is 22.2 Å². The Morgan fingerprint density at radius 3 is 2.50 bits per heavy atom. The van der Waals surface area contributed by atoms with Gasteiger partial charge in [-0.3, -0.25) is 14.5 Å². The highest BCUT2D eigenvalue weighted by molar-refractivity contribution is 6.14. The third kappa shape index (κ3) is 2.65. The molecule has 6 rings (SSSR count). The number of hydrogen-bond acceptors (Lipinski definition) is 5. The van der Waals surface area contributed by atoms with Crippen LogP contribution in [-0.4, -0.2) is 40.9 Å². The average Bonchev–Trinajstić information content (AvgIpc) is 3.53. The molecule has 7 nitrogen and oxygen atoms in total. The van der Waals surface area contributed by atoms with Crippen LogP contribution in [0.2, 0.25) is 0 Å². The first-order valence-corrected chi connectivity index (χ1v) is 12.6. The van der Waals surface area contributed by atoms with Gasteiger partial charge in [-0.05, 0) is 61.7 Å². The van der Waals surface area contributed by atoms with Crippen LogP contribution in [0.3, 0.4) is 0 Å². The minimum absolute atomic E-state index is 0.0511. The van der Waals surface area contributed by atoms with Crippen molar-refractivity contribution < 1.29 is 9.59 Å². The highest BCUT2D eigenvalue weighted by Gasteiger charge is 2.59. The largest absolute Gasteiger partial charge is 0.355 e. The Kier molecular flexibility index (Phi) is 4.41. The van der Waals surface area contributed by atoms with E-state index in [0.29, 0.717) is 30.7 Å². The highest BCUT2D eigenvalue weighted by Crippen LogP contribution is 2.65. The van der Waals surface area contributed by atoms with Crippen LogP contribution >= 0.6 is 0 Å². The molecule has 32 heavy (non-hydrogen) atoms. The molecule has 2 amide bonds. The lowest BCUT2D eigenvalue weighted by atomic mass is 9.69. The molecule has 3 saturated carbocycles. The van der Waals surface area contributed by atoms with Gasteiger partial charge in [-0.2, -0.15) is 4.98 Å². The Hall–Kier alpha value is -2.18. The van der Waals surface area contributed by atoms with Gasteiger partial charge in [0.25, 0.3) is 0 Å². The minimum Gasteiger partial charge on any atom is -0.355 e. The third-order valence-electron chi connectivity index (χ3n) is 10.1. The molecular weight excluding hydrogens is 402 g/mol. The summed E-state index contributed by atoms with van der Waals surface area (Å²) in [6.07, 6.45) is 12.3. The second-order valence-corrected chi connectivity index (χ2v) is 11.5. The third-order valence-corrected chi connectivity index (χ3v) is 10.1. The van der Waals surface area contributed by atoms with Crippen molar-refractivity contribution in [2.24, 2.45) is 22.2 Å². The average molecular weight is 438 g/mol. The smallest absolute Gasteiger partial charge is 0.244 e. The maximum atomic E-state index is 13.8. The number of carbonyl (C=O) groups excluding carboxylic acids is 2. The normalized spacial score (nSPS) is 38.6. The first-order valence-electron chi connectivity index (χ1n) is 12.6. The number of aromatic nitrogens is 2. The molecule has 3 aliphatic carbocycles. The lowest BCUT2D eigenvalue weighted by Crippen LogP contribution is -2.56. The zero-order valence-electron chi connectivity index (χ0n) is 19.4. The summed E-state index contributed by atoms with van der Waals surface area (Å²) in [7, 11) is 0. The summed E-state index contributed by atoms with van der Waals surface area (Å²) in [6.45, 7) is 6.32. The van der Waals surface area contributed by atoms with Crippen LogP contribution in [0.25, 0.3) is 0 Å². The molecule has 7 heteroatoms. The van der Waals surface area contributed by atoms with Crippen LogP contribution in [0.5, 0.6) is 0 Å². The fourth-order valence-electron chi connectivity index (χ4n) is 7.67. The number of carbonyl (C=O) groups is 2. The van der Waals surface area contributed by atoms with E-state index in [9.17, 15) is 9.59 Å². The molecule has 1 unspecified atom stereocenters. The molecule has 5 aliphatic rings. The van der Waals surface area contributed by atoms with Crippen LogP contribution in [-0.2, 0) is 16.0 Å². The molecular formula is C25H35N5O2. The van der Waals surface area contributed by atoms with Gasteiger partial charge in [-0.15, -0.1) is 0 Å². The number of nitrogens with zero attached hydrogens (tertiary/aromatic N) is 3. The molecule has 4 fully saturated rings. The van der Waals surface area contributed by atoms with Crippen molar-refractivity contribution in [2.45, 2.75) is 84.1 Å². The Labute approximate surface area is 190 Å². The molecule has 1 saturated heterocycles. The van der Waals surface area contributed by atoms with Crippen LogP contribution < -0.4 is 15.5 Å². The number of anilines is 2. The zero-order chi connectivity index (χ0) is 22.1. The van der Waals surface area contributed by atoms with Crippen LogP contribution in [0.1, 0.15) is 77.2 Å². The molecule has 2 bridgehead atoms. The molecule has 1 aromatic heterocycles. The highest BCUT2D eigenvalue weighted by atomic mass is 16.2. The summed E-state index contributed by atoms with van der Waals surface area (Å²) in [6, 6.07) is 0.136. The van der Waals surface area contributed by atoms with Crippen molar-refractivity contribution >= 4 is 23.6 Å². The number of amides is 2. The fourth-order valence-corrected chi connectivity index (χ4v) is 7.67. The van der Waals surface area contributed by atoms with Crippen LogP contribution in [0.4, 0.5) is 11.8 Å². The summed E-state index contributed by atoms with van der Waals surface area (Å²) in [5.41, 5.74) is 0.615. The molecule has 2 atom stereocenters. The van der Waals surface area contributed by atoms with E-state index in [0.717, 1.165) is 49.5 Å². The standard InChI is InChI=1S/C25H35N5O2/c1-23-9-7-17(8-10-23)24(23,2)15-28-22-27-14-16-13-25(11-12-26-20(25)31)21(32)30(19(16)29-22)18-5-3-4-6-18/h14,17-18H,3-13,15H2,1-2H3,(H,26,31)(H,27,28,29)/t17?,23?,24?,25-/m1/s1. The van der Waals surface area contributed by atoms with Crippen molar-refractivity contribution in [3.05, 3.63) is 11.8 Å². The Morgan fingerprint density at radius 1 is 1.12 bits per heavy atom. The number of hydrogen-bond donors (Lipinski definition) is 2. The van der Waals surface area contributed by atoms with E-state index in [2.05, 4.69) is 29.5 Å². The number of rotatable bonds is 4. The van der Waals surface area contributed by atoms with Crippen molar-refractivity contribution in [2.75, 3.05) is 23.3 Å². The van der Waals surface area contributed by atoms with E-state index < -0.39 is 5.41 Å². The van der Waals surface area contributed by atoms with Gasteiger partial charge in [0.2, 0.25) is 17.8 Å². The molecule has 0 radical (unpaired) electrons. The monoisotopic (exact) mass is 437 g/mol. The predicted octanol–water partition coefficient (Wildman–Crippen LogP) is 3.44. The molecule has 0 aromatic carbocycles. The second kappa shape index (κ2) is 6.91. The van der Waals surface area contributed by atoms with Gasteiger partial charge in [0.05, 0.1) is 0 Å². The second-order valence-electron chi connectivity index (χ2n) is 11.5. The van der Waals surface area contributed by atoms with E-state index in [1.165, 1.54) is 25.7 Å². The van der Waals surface area contributed by atoms with E-state index >= 15 is 0 Å². The van der Waals surface area contributed by atoms with E-state index in [1.807, 2.05) is 11.1 Å². The lowest BCUT2D eigenvalue weighted by molar-refractivity contribution is -0.140. The van der Waals surface area contributed by atoms with Crippen LogP contribution in [0.15, 0.2) is 6.20 Å². The van der Waals surface area contributed by atoms with Gasteiger partial charge in [-0.25, -0.2) is 4.98 Å². The summed E-state index contributed by atoms with van der Waals surface area (Å²) in [5.74, 6) is 1.94. The van der Waals surface area contributed by atoms with Gasteiger partial charge < -0.3 is 10.6 Å². The number of nitrogens with one attached hydrogen (secondary N) is 2. The summed E-state index contributed by atoms with van der Waals surface area (Å²) in [4.78, 5) is 38.0. The van der Waals surface area contributed by atoms with E-state index in [1.54, 1.807) is 0 Å².